The van der Waals surface area contributed by atoms with Crippen LogP contribution in [0.1, 0.15) is 34.6 Å². The van der Waals surface area contributed by atoms with E-state index in [9.17, 15) is 0 Å². The third-order valence-corrected chi connectivity index (χ3v) is 4.54. The first kappa shape index (κ1) is 20.9. The van der Waals surface area contributed by atoms with Crippen molar-refractivity contribution in [2.24, 2.45) is 0 Å². The van der Waals surface area contributed by atoms with E-state index in [1.54, 1.807) is 0 Å². The van der Waals surface area contributed by atoms with Gasteiger partial charge in [-0.05, 0) is 46.1 Å². The van der Waals surface area contributed by atoms with Gasteiger partial charge in [-0.2, -0.15) is 0 Å². The molecule has 29 heavy (non-hydrogen) atoms. The molecule has 0 amide bonds. The van der Waals surface area contributed by atoms with Crippen molar-refractivity contribution in [2.45, 2.75) is 34.6 Å². The van der Waals surface area contributed by atoms with Gasteiger partial charge in [0.25, 0.3) is 0 Å². The monoisotopic (exact) mass is 398 g/mol. The summed E-state index contributed by atoms with van der Waals surface area (Å²) < 4.78 is 30.4. The van der Waals surface area contributed by atoms with Crippen LogP contribution in [0.2, 0.25) is 0 Å². The predicted molar refractivity (Wildman–Crippen MR) is 117 cm³/mol. The fourth-order valence-corrected chi connectivity index (χ4v) is 3.58. The Morgan fingerprint density at radius 3 is 1.62 bits per heavy atom. The molecule has 0 aliphatic heterocycles. The molecule has 0 aromatic heterocycles. The Kier molecular flexibility index (Phi) is 6.91. The van der Waals surface area contributed by atoms with Gasteiger partial charge in [-0.1, -0.05) is 24.3 Å². The Bertz CT molecular complexity index is 980. The van der Waals surface area contributed by atoms with Crippen LogP contribution in [0.15, 0.2) is 30.3 Å². The minimum Gasteiger partial charge on any atom is -0.492 e. The van der Waals surface area contributed by atoms with E-state index in [-0.39, 0.29) is 0 Å². The molecule has 0 aliphatic rings. The van der Waals surface area contributed by atoms with Crippen molar-refractivity contribution < 1.29 is 23.7 Å². The lowest BCUT2D eigenvalue weighted by atomic mass is 9.99. The summed E-state index contributed by atoms with van der Waals surface area (Å²) in [4.78, 5) is 0. The van der Waals surface area contributed by atoms with Gasteiger partial charge in [0, 0.05) is 10.8 Å². The maximum absolute atomic E-state index is 6.15. The summed E-state index contributed by atoms with van der Waals surface area (Å²) in [6.07, 6.45) is 0. The van der Waals surface area contributed by atoms with Crippen LogP contribution >= 0.6 is 0 Å². The SMILES string of the molecule is CCOc1c(OCC)c(OCC)c2c(OCC)c3ccccc3cc2c1OCC. The summed E-state index contributed by atoms with van der Waals surface area (Å²) in [7, 11) is 0. The number of rotatable bonds is 10. The van der Waals surface area contributed by atoms with Crippen LogP contribution in [0.5, 0.6) is 28.7 Å². The van der Waals surface area contributed by atoms with Gasteiger partial charge in [0.15, 0.2) is 11.5 Å². The zero-order valence-electron chi connectivity index (χ0n) is 18.0. The van der Waals surface area contributed by atoms with E-state index in [1.165, 1.54) is 0 Å². The molecule has 0 aliphatic carbocycles. The smallest absolute Gasteiger partial charge is 0.208 e. The highest BCUT2D eigenvalue weighted by Gasteiger charge is 2.28. The molecule has 0 atom stereocenters. The molecule has 3 aromatic carbocycles. The molecule has 0 bridgehead atoms. The number of hydrogen-bond donors (Lipinski definition) is 0. The highest BCUT2D eigenvalue weighted by Crippen LogP contribution is 2.55. The molecule has 5 heteroatoms. The third kappa shape index (κ3) is 3.86. The van der Waals surface area contributed by atoms with Gasteiger partial charge >= 0.3 is 0 Å². The number of fused-ring (bicyclic) bond motifs is 2. The molecular formula is C24H30O5. The minimum atomic E-state index is 0.481. The zero-order chi connectivity index (χ0) is 20.8. The van der Waals surface area contributed by atoms with Gasteiger partial charge in [0.05, 0.1) is 38.4 Å². The lowest BCUT2D eigenvalue weighted by Crippen LogP contribution is -2.07. The van der Waals surface area contributed by atoms with E-state index in [2.05, 4.69) is 18.2 Å². The average Bonchev–Trinajstić information content (AvgIpc) is 2.73. The molecular weight excluding hydrogens is 368 g/mol. The Hall–Kier alpha value is -2.82. The maximum atomic E-state index is 6.15. The molecule has 0 unspecified atom stereocenters. The van der Waals surface area contributed by atoms with Gasteiger partial charge in [-0.25, -0.2) is 0 Å². The van der Waals surface area contributed by atoms with E-state index < -0.39 is 0 Å². The van der Waals surface area contributed by atoms with Crippen molar-refractivity contribution >= 4 is 21.5 Å². The average molecular weight is 398 g/mol. The highest BCUT2D eigenvalue weighted by atomic mass is 16.6. The van der Waals surface area contributed by atoms with Crippen LogP contribution in [0, 0.1) is 0 Å². The zero-order valence-corrected chi connectivity index (χ0v) is 18.0. The van der Waals surface area contributed by atoms with Crippen LogP contribution in [0.25, 0.3) is 21.5 Å². The van der Waals surface area contributed by atoms with Crippen molar-refractivity contribution in [1.29, 1.82) is 0 Å². The van der Waals surface area contributed by atoms with E-state index in [0.29, 0.717) is 56.0 Å². The molecule has 156 valence electrons. The first-order valence-corrected chi connectivity index (χ1v) is 10.4. The Labute approximate surface area is 172 Å². The number of benzene rings is 3. The van der Waals surface area contributed by atoms with Crippen molar-refractivity contribution in [1.82, 2.24) is 0 Å². The fourth-order valence-electron chi connectivity index (χ4n) is 3.58. The normalized spacial score (nSPS) is 10.9. The van der Waals surface area contributed by atoms with E-state index >= 15 is 0 Å². The van der Waals surface area contributed by atoms with E-state index in [1.807, 2.05) is 46.8 Å². The van der Waals surface area contributed by atoms with Crippen LogP contribution in [-0.2, 0) is 0 Å². The fraction of sp³-hybridized carbons (Fsp3) is 0.417. The van der Waals surface area contributed by atoms with Gasteiger partial charge < -0.3 is 23.7 Å². The second-order valence-corrected chi connectivity index (χ2v) is 6.33. The molecule has 0 spiro atoms. The topological polar surface area (TPSA) is 46.2 Å². The Morgan fingerprint density at radius 1 is 0.517 bits per heavy atom. The highest BCUT2D eigenvalue weighted by molar-refractivity contribution is 6.12. The molecule has 0 radical (unpaired) electrons. The Morgan fingerprint density at radius 2 is 1.00 bits per heavy atom. The molecule has 0 saturated carbocycles. The van der Waals surface area contributed by atoms with Crippen molar-refractivity contribution in [2.75, 3.05) is 33.0 Å². The van der Waals surface area contributed by atoms with Gasteiger partial charge in [0.2, 0.25) is 11.5 Å². The van der Waals surface area contributed by atoms with Crippen molar-refractivity contribution in [3.8, 4) is 28.7 Å². The molecule has 0 fully saturated rings. The van der Waals surface area contributed by atoms with E-state index in [0.717, 1.165) is 27.3 Å². The lowest BCUT2D eigenvalue weighted by Gasteiger charge is -2.23. The summed E-state index contributed by atoms with van der Waals surface area (Å²) in [6, 6.07) is 10.3. The number of ether oxygens (including phenoxy) is 5. The van der Waals surface area contributed by atoms with Gasteiger partial charge in [-0.3, -0.25) is 0 Å². The van der Waals surface area contributed by atoms with Crippen molar-refractivity contribution in [3.63, 3.8) is 0 Å². The molecule has 0 saturated heterocycles. The van der Waals surface area contributed by atoms with Gasteiger partial charge in [-0.15, -0.1) is 0 Å². The maximum Gasteiger partial charge on any atom is 0.208 e. The summed E-state index contributed by atoms with van der Waals surface area (Å²) in [5.74, 6) is 3.19. The predicted octanol–water partition coefficient (Wildman–Crippen LogP) is 5.99. The standard InChI is InChI=1S/C24H30O5/c1-6-25-20-17-14-12-11-13-16(17)15-18-19(20)22(27-8-3)24(29-10-5)23(28-9-4)21(18)26-7-2/h11-15H,6-10H2,1-5H3. The first-order chi connectivity index (χ1) is 14.2. The summed E-state index contributed by atoms with van der Waals surface area (Å²) >= 11 is 0. The van der Waals surface area contributed by atoms with E-state index in [4.69, 9.17) is 23.7 Å². The minimum absolute atomic E-state index is 0.481. The summed E-state index contributed by atoms with van der Waals surface area (Å²) in [6.45, 7) is 12.3. The van der Waals surface area contributed by atoms with Crippen LogP contribution in [-0.4, -0.2) is 33.0 Å². The Balaban J connectivity index is 2.56. The third-order valence-electron chi connectivity index (χ3n) is 4.54. The lowest BCUT2D eigenvalue weighted by molar-refractivity contribution is 0.247. The summed E-state index contributed by atoms with van der Waals surface area (Å²) in [5.41, 5.74) is 0. The largest absolute Gasteiger partial charge is 0.492 e. The second-order valence-electron chi connectivity index (χ2n) is 6.33. The molecule has 0 N–H and O–H groups in total. The van der Waals surface area contributed by atoms with Crippen LogP contribution < -0.4 is 23.7 Å². The molecule has 0 heterocycles. The molecule has 3 aromatic rings. The van der Waals surface area contributed by atoms with Crippen LogP contribution in [0.4, 0.5) is 0 Å². The molecule has 3 rings (SSSR count). The number of hydrogen-bond acceptors (Lipinski definition) is 5. The van der Waals surface area contributed by atoms with Crippen molar-refractivity contribution in [3.05, 3.63) is 30.3 Å². The second kappa shape index (κ2) is 9.59. The first-order valence-electron chi connectivity index (χ1n) is 10.4. The quantitative estimate of drug-likeness (QED) is 0.393. The van der Waals surface area contributed by atoms with Gasteiger partial charge in [0.1, 0.15) is 5.75 Å². The van der Waals surface area contributed by atoms with Crippen LogP contribution in [0.3, 0.4) is 0 Å². The molecule has 5 nitrogen and oxygen atoms in total. The summed E-state index contributed by atoms with van der Waals surface area (Å²) in [5, 5.41) is 3.84.